The number of anilines is 2. The zero-order valence-corrected chi connectivity index (χ0v) is 9.59. The van der Waals surface area contributed by atoms with E-state index in [-0.39, 0.29) is 0 Å². The van der Waals surface area contributed by atoms with Crippen molar-refractivity contribution >= 4 is 11.8 Å². The molecule has 0 bridgehead atoms. The molecule has 15 heavy (non-hydrogen) atoms. The van der Waals surface area contributed by atoms with Crippen LogP contribution in [-0.4, -0.2) is 23.6 Å². The first-order valence-corrected chi connectivity index (χ1v) is 5.39. The molecule has 1 aromatic rings. The van der Waals surface area contributed by atoms with Crippen LogP contribution in [0, 0.1) is 12.3 Å². The number of aryl methyl sites for hydroxylation is 1. The van der Waals surface area contributed by atoms with Gasteiger partial charge in [-0.05, 0) is 25.2 Å². The molecule has 0 saturated heterocycles. The first kappa shape index (κ1) is 10.2. The summed E-state index contributed by atoms with van der Waals surface area (Å²) in [6, 6.07) is 1.98. The molecule has 4 heteroatoms. The van der Waals surface area contributed by atoms with Crippen molar-refractivity contribution in [3.63, 3.8) is 0 Å². The summed E-state index contributed by atoms with van der Waals surface area (Å²) in [5.74, 6) is 1.60. The van der Waals surface area contributed by atoms with Gasteiger partial charge >= 0.3 is 0 Å². The average Bonchev–Trinajstić information content (AvgIpc) is 2.94. The molecule has 1 aliphatic rings. The second-order valence-corrected chi connectivity index (χ2v) is 4.63. The van der Waals surface area contributed by atoms with Gasteiger partial charge in [0, 0.05) is 25.4 Å². The minimum absolute atomic E-state index is 0.499. The molecular formula is C11H18N4. The van der Waals surface area contributed by atoms with Gasteiger partial charge in [-0.25, -0.2) is 4.98 Å². The van der Waals surface area contributed by atoms with Crippen molar-refractivity contribution in [2.75, 3.05) is 24.2 Å². The van der Waals surface area contributed by atoms with Crippen molar-refractivity contribution in [2.24, 2.45) is 5.41 Å². The minimum Gasteiger partial charge on any atom is -0.369 e. The SMILES string of the molecule is CNc1nc(C)cc(NCC2(C)CC2)n1. The third kappa shape index (κ3) is 2.58. The Kier molecular flexibility index (Phi) is 2.50. The van der Waals surface area contributed by atoms with Gasteiger partial charge in [-0.1, -0.05) is 6.92 Å². The topological polar surface area (TPSA) is 49.8 Å². The highest BCUT2D eigenvalue weighted by molar-refractivity contribution is 5.42. The van der Waals surface area contributed by atoms with Crippen LogP contribution in [0.15, 0.2) is 6.07 Å². The average molecular weight is 206 g/mol. The van der Waals surface area contributed by atoms with Gasteiger partial charge in [0.15, 0.2) is 0 Å². The molecule has 1 fully saturated rings. The molecule has 0 spiro atoms. The molecule has 0 unspecified atom stereocenters. The number of nitrogens with zero attached hydrogens (tertiary/aromatic N) is 2. The fourth-order valence-corrected chi connectivity index (χ4v) is 1.47. The molecular weight excluding hydrogens is 188 g/mol. The summed E-state index contributed by atoms with van der Waals surface area (Å²) in [5.41, 5.74) is 1.48. The van der Waals surface area contributed by atoms with Crippen LogP contribution in [0.5, 0.6) is 0 Å². The van der Waals surface area contributed by atoms with E-state index in [1.807, 2.05) is 20.0 Å². The van der Waals surface area contributed by atoms with Crippen molar-refractivity contribution in [1.29, 1.82) is 0 Å². The molecule has 4 nitrogen and oxygen atoms in total. The van der Waals surface area contributed by atoms with E-state index in [1.165, 1.54) is 12.8 Å². The van der Waals surface area contributed by atoms with Gasteiger partial charge in [0.25, 0.3) is 0 Å². The van der Waals surface area contributed by atoms with Crippen molar-refractivity contribution in [1.82, 2.24) is 9.97 Å². The first-order valence-electron chi connectivity index (χ1n) is 5.39. The van der Waals surface area contributed by atoms with E-state index in [0.29, 0.717) is 11.4 Å². The number of hydrogen-bond donors (Lipinski definition) is 2. The first-order chi connectivity index (χ1) is 7.11. The van der Waals surface area contributed by atoms with Crippen LogP contribution >= 0.6 is 0 Å². The van der Waals surface area contributed by atoms with Crippen molar-refractivity contribution in [2.45, 2.75) is 26.7 Å². The third-order valence-corrected chi connectivity index (χ3v) is 2.88. The van der Waals surface area contributed by atoms with Crippen LogP contribution < -0.4 is 10.6 Å². The molecule has 0 amide bonds. The summed E-state index contributed by atoms with van der Waals surface area (Å²) in [5, 5.41) is 6.33. The number of hydrogen-bond acceptors (Lipinski definition) is 4. The van der Waals surface area contributed by atoms with E-state index < -0.39 is 0 Å². The van der Waals surface area contributed by atoms with Gasteiger partial charge in [-0.2, -0.15) is 4.98 Å². The normalized spacial score (nSPS) is 17.3. The van der Waals surface area contributed by atoms with E-state index in [2.05, 4.69) is 27.5 Å². The summed E-state index contributed by atoms with van der Waals surface area (Å²) < 4.78 is 0. The molecule has 1 heterocycles. The fraction of sp³-hybridized carbons (Fsp3) is 0.636. The molecule has 0 radical (unpaired) electrons. The van der Waals surface area contributed by atoms with Crippen LogP contribution in [0.25, 0.3) is 0 Å². The van der Waals surface area contributed by atoms with Crippen LogP contribution in [0.3, 0.4) is 0 Å². The lowest BCUT2D eigenvalue weighted by Crippen LogP contribution is -2.13. The van der Waals surface area contributed by atoms with E-state index in [9.17, 15) is 0 Å². The Morgan fingerprint density at radius 1 is 1.40 bits per heavy atom. The molecule has 1 saturated carbocycles. The summed E-state index contributed by atoms with van der Waals surface area (Å²) in [4.78, 5) is 8.60. The quantitative estimate of drug-likeness (QED) is 0.791. The highest BCUT2D eigenvalue weighted by Crippen LogP contribution is 2.44. The summed E-state index contributed by atoms with van der Waals surface area (Å²) in [7, 11) is 1.83. The number of nitrogens with one attached hydrogen (secondary N) is 2. The predicted octanol–water partition coefficient (Wildman–Crippen LogP) is 2.04. The van der Waals surface area contributed by atoms with Gasteiger partial charge in [-0.15, -0.1) is 0 Å². The van der Waals surface area contributed by atoms with Gasteiger partial charge in [0.1, 0.15) is 5.82 Å². The van der Waals surface area contributed by atoms with Gasteiger partial charge in [0.2, 0.25) is 5.95 Å². The highest BCUT2D eigenvalue weighted by atomic mass is 15.1. The number of aromatic nitrogens is 2. The Morgan fingerprint density at radius 3 is 2.73 bits per heavy atom. The van der Waals surface area contributed by atoms with E-state index in [0.717, 1.165) is 18.1 Å². The second-order valence-electron chi connectivity index (χ2n) is 4.63. The Morgan fingerprint density at radius 2 is 2.13 bits per heavy atom. The van der Waals surface area contributed by atoms with Crippen LogP contribution in [0.1, 0.15) is 25.5 Å². The lowest BCUT2D eigenvalue weighted by molar-refractivity contribution is 0.609. The Balaban J connectivity index is 2.03. The monoisotopic (exact) mass is 206 g/mol. The summed E-state index contributed by atoms with van der Waals surface area (Å²) in [6.45, 7) is 5.28. The maximum absolute atomic E-state index is 4.35. The van der Waals surface area contributed by atoms with Gasteiger partial charge in [0.05, 0.1) is 0 Å². The van der Waals surface area contributed by atoms with Gasteiger partial charge in [-0.3, -0.25) is 0 Å². The third-order valence-electron chi connectivity index (χ3n) is 2.88. The van der Waals surface area contributed by atoms with Crippen LogP contribution in [-0.2, 0) is 0 Å². The van der Waals surface area contributed by atoms with E-state index >= 15 is 0 Å². The minimum atomic E-state index is 0.499. The van der Waals surface area contributed by atoms with Crippen LogP contribution in [0.4, 0.5) is 11.8 Å². The number of rotatable bonds is 4. The van der Waals surface area contributed by atoms with E-state index in [1.54, 1.807) is 0 Å². The fourth-order valence-electron chi connectivity index (χ4n) is 1.47. The predicted molar refractivity (Wildman–Crippen MR) is 62.1 cm³/mol. The summed E-state index contributed by atoms with van der Waals surface area (Å²) >= 11 is 0. The second kappa shape index (κ2) is 3.68. The smallest absolute Gasteiger partial charge is 0.224 e. The maximum atomic E-state index is 4.35. The highest BCUT2D eigenvalue weighted by Gasteiger charge is 2.36. The van der Waals surface area contributed by atoms with E-state index in [4.69, 9.17) is 0 Å². The molecule has 0 aromatic carbocycles. The molecule has 2 rings (SSSR count). The maximum Gasteiger partial charge on any atom is 0.224 e. The van der Waals surface area contributed by atoms with Gasteiger partial charge < -0.3 is 10.6 Å². The zero-order chi connectivity index (χ0) is 10.9. The largest absolute Gasteiger partial charge is 0.369 e. The molecule has 1 aliphatic carbocycles. The lowest BCUT2D eigenvalue weighted by Gasteiger charge is -2.11. The van der Waals surface area contributed by atoms with Crippen LogP contribution in [0.2, 0.25) is 0 Å². The summed E-state index contributed by atoms with van der Waals surface area (Å²) in [6.07, 6.45) is 2.64. The molecule has 1 aromatic heterocycles. The van der Waals surface area contributed by atoms with Crippen molar-refractivity contribution in [3.05, 3.63) is 11.8 Å². The molecule has 0 atom stereocenters. The molecule has 0 aliphatic heterocycles. The Hall–Kier alpha value is -1.32. The zero-order valence-electron chi connectivity index (χ0n) is 9.59. The molecule has 2 N–H and O–H groups in total. The Labute approximate surface area is 90.5 Å². The molecule has 82 valence electrons. The van der Waals surface area contributed by atoms with Crippen molar-refractivity contribution in [3.8, 4) is 0 Å². The van der Waals surface area contributed by atoms with Crippen molar-refractivity contribution < 1.29 is 0 Å². The standard InChI is InChI=1S/C11H18N4/c1-8-6-9(15-10(12-3)14-8)13-7-11(2)4-5-11/h6H,4-5,7H2,1-3H3,(H2,12,13,14,15). The lowest BCUT2D eigenvalue weighted by atomic mass is 10.1. The Bertz CT molecular complexity index is 358.